The van der Waals surface area contributed by atoms with Crippen LogP contribution in [-0.2, 0) is 12.8 Å². The molecule has 0 saturated carbocycles. The molecule has 0 spiro atoms. The van der Waals surface area contributed by atoms with E-state index in [0.717, 1.165) is 23.0 Å². The van der Waals surface area contributed by atoms with Gasteiger partial charge in [0.1, 0.15) is 0 Å². The molecule has 0 saturated heterocycles. The summed E-state index contributed by atoms with van der Waals surface area (Å²) in [6, 6.07) is 2.09. The summed E-state index contributed by atoms with van der Waals surface area (Å²) < 4.78 is 1.03. The number of pyridine rings is 1. The molecule has 0 bridgehead atoms. The first-order valence-electron chi connectivity index (χ1n) is 4.07. The SMILES string of the molecule is OC1CCc2cc(Br)cnc2C1. The highest BCUT2D eigenvalue weighted by Gasteiger charge is 2.17. The van der Waals surface area contributed by atoms with E-state index in [1.807, 2.05) is 0 Å². The van der Waals surface area contributed by atoms with Crippen LogP contribution in [-0.4, -0.2) is 16.2 Å². The fourth-order valence-electron chi connectivity index (χ4n) is 1.56. The Kier molecular flexibility index (Phi) is 2.15. The van der Waals surface area contributed by atoms with Crippen molar-refractivity contribution < 1.29 is 5.11 Å². The van der Waals surface area contributed by atoms with Crippen molar-refractivity contribution in [3.8, 4) is 0 Å². The highest BCUT2D eigenvalue weighted by atomic mass is 79.9. The van der Waals surface area contributed by atoms with Crippen LogP contribution in [0.25, 0.3) is 0 Å². The van der Waals surface area contributed by atoms with Crippen LogP contribution >= 0.6 is 15.9 Å². The average Bonchev–Trinajstić information content (AvgIpc) is 2.05. The summed E-state index contributed by atoms with van der Waals surface area (Å²) >= 11 is 3.38. The summed E-state index contributed by atoms with van der Waals surface area (Å²) in [7, 11) is 0. The van der Waals surface area contributed by atoms with Gasteiger partial charge in [0.25, 0.3) is 0 Å². The number of halogens is 1. The fourth-order valence-corrected chi connectivity index (χ4v) is 1.94. The lowest BCUT2D eigenvalue weighted by atomic mass is 9.94. The van der Waals surface area contributed by atoms with E-state index < -0.39 is 0 Å². The van der Waals surface area contributed by atoms with Gasteiger partial charge in [-0.1, -0.05) is 0 Å². The molecule has 1 atom stereocenters. The predicted octanol–water partition coefficient (Wildman–Crippen LogP) is 1.69. The summed E-state index contributed by atoms with van der Waals surface area (Å²) in [4.78, 5) is 4.26. The molecular weight excluding hydrogens is 218 g/mol. The Morgan fingerprint density at radius 2 is 2.42 bits per heavy atom. The topological polar surface area (TPSA) is 33.1 Å². The average molecular weight is 228 g/mol. The Labute approximate surface area is 79.8 Å². The number of aromatic nitrogens is 1. The maximum absolute atomic E-state index is 9.37. The molecule has 0 fully saturated rings. The largest absolute Gasteiger partial charge is 0.393 e. The van der Waals surface area contributed by atoms with Gasteiger partial charge < -0.3 is 5.11 Å². The molecule has 1 N–H and O–H groups in total. The quantitative estimate of drug-likeness (QED) is 0.733. The van der Waals surface area contributed by atoms with Gasteiger partial charge in [-0.15, -0.1) is 0 Å². The number of rotatable bonds is 0. The van der Waals surface area contributed by atoms with E-state index in [4.69, 9.17) is 0 Å². The molecule has 1 unspecified atom stereocenters. The molecule has 2 rings (SSSR count). The van der Waals surface area contributed by atoms with E-state index >= 15 is 0 Å². The molecule has 1 aliphatic rings. The molecule has 0 aliphatic heterocycles. The summed E-state index contributed by atoms with van der Waals surface area (Å²) in [5.41, 5.74) is 2.33. The van der Waals surface area contributed by atoms with Gasteiger partial charge in [0.05, 0.1) is 6.10 Å². The number of aryl methyl sites for hydroxylation is 1. The van der Waals surface area contributed by atoms with E-state index in [9.17, 15) is 5.11 Å². The zero-order valence-electron chi connectivity index (χ0n) is 6.63. The number of aliphatic hydroxyl groups is 1. The van der Waals surface area contributed by atoms with Crippen molar-refractivity contribution in [1.82, 2.24) is 4.98 Å². The first kappa shape index (κ1) is 8.20. The summed E-state index contributed by atoms with van der Waals surface area (Å²) in [6.45, 7) is 0. The lowest BCUT2D eigenvalue weighted by molar-refractivity contribution is 0.157. The standard InChI is InChI=1S/C9H10BrNO/c10-7-3-6-1-2-8(12)4-9(6)11-5-7/h3,5,8,12H,1-2,4H2. The van der Waals surface area contributed by atoms with Gasteiger partial charge in [-0.05, 0) is 40.4 Å². The van der Waals surface area contributed by atoms with Gasteiger partial charge in [-0.3, -0.25) is 4.98 Å². The molecule has 3 heteroatoms. The highest BCUT2D eigenvalue weighted by molar-refractivity contribution is 9.10. The molecule has 2 nitrogen and oxygen atoms in total. The van der Waals surface area contributed by atoms with Crippen molar-refractivity contribution >= 4 is 15.9 Å². The van der Waals surface area contributed by atoms with Crippen molar-refractivity contribution in [2.24, 2.45) is 0 Å². The van der Waals surface area contributed by atoms with Gasteiger partial charge in [-0.25, -0.2) is 0 Å². The predicted molar refractivity (Wildman–Crippen MR) is 50.0 cm³/mol. The van der Waals surface area contributed by atoms with Crippen LogP contribution in [0, 0.1) is 0 Å². The Bertz CT molecular complexity index is 301. The van der Waals surface area contributed by atoms with Crippen molar-refractivity contribution in [3.05, 3.63) is 28.0 Å². The van der Waals surface area contributed by atoms with Gasteiger partial charge in [-0.2, -0.15) is 0 Å². The lowest BCUT2D eigenvalue weighted by Gasteiger charge is -2.19. The van der Waals surface area contributed by atoms with E-state index in [1.165, 1.54) is 5.56 Å². The van der Waals surface area contributed by atoms with Gasteiger partial charge in [0, 0.05) is 22.8 Å². The summed E-state index contributed by atoms with van der Waals surface area (Å²) in [6.07, 6.45) is 4.12. The van der Waals surface area contributed by atoms with Crippen LogP contribution in [0.2, 0.25) is 0 Å². The second-order valence-corrected chi connectivity index (χ2v) is 4.07. The minimum Gasteiger partial charge on any atom is -0.393 e. The monoisotopic (exact) mass is 227 g/mol. The van der Waals surface area contributed by atoms with Crippen molar-refractivity contribution in [2.45, 2.75) is 25.4 Å². The van der Waals surface area contributed by atoms with Crippen LogP contribution in [0.1, 0.15) is 17.7 Å². The Hall–Kier alpha value is -0.410. The molecule has 0 amide bonds. The smallest absolute Gasteiger partial charge is 0.0598 e. The Balaban J connectivity index is 2.37. The van der Waals surface area contributed by atoms with Crippen molar-refractivity contribution in [2.75, 3.05) is 0 Å². The third-order valence-electron chi connectivity index (χ3n) is 2.20. The second-order valence-electron chi connectivity index (χ2n) is 3.16. The van der Waals surface area contributed by atoms with Crippen molar-refractivity contribution in [3.63, 3.8) is 0 Å². The minimum atomic E-state index is -0.189. The van der Waals surface area contributed by atoms with Gasteiger partial charge >= 0.3 is 0 Å². The van der Waals surface area contributed by atoms with Crippen LogP contribution in [0.4, 0.5) is 0 Å². The van der Waals surface area contributed by atoms with Gasteiger partial charge in [0.2, 0.25) is 0 Å². The number of nitrogens with zero attached hydrogens (tertiary/aromatic N) is 1. The van der Waals surface area contributed by atoms with Crippen LogP contribution < -0.4 is 0 Å². The summed E-state index contributed by atoms with van der Waals surface area (Å²) in [5, 5.41) is 9.37. The normalized spacial score (nSPS) is 22.0. The second kappa shape index (κ2) is 3.15. The number of hydrogen-bond donors (Lipinski definition) is 1. The Morgan fingerprint density at radius 3 is 3.25 bits per heavy atom. The van der Waals surface area contributed by atoms with E-state index in [0.29, 0.717) is 6.42 Å². The molecule has 12 heavy (non-hydrogen) atoms. The maximum Gasteiger partial charge on any atom is 0.0598 e. The highest BCUT2D eigenvalue weighted by Crippen LogP contribution is 2.22. The van der Waals surface area contributed by atoms with Crippen molar-refractivity contribution in [1.29, 1.82) is 0 Å². The van der Waals surface area contributed by atoms with Crippen LogP contribution in [0.15, 0.2) is 16.7 Å². The minimum absolute atomic E-state index is 0.189. The molecule has 1 aromatic heterocycles. The fraction of sp³-hybridized carbons (Fsp3) is 0.444. The number of fused-ring (bicyclic) bond motifs is 1. The van der Waals surface area contributed by atoms with E-state index in [1.54, 1.807) is 6.20 Å². The van der Waals surface area contributed by atoms with Gasteiger partial charge in [0.15, 0.2) is 0 Å². The molecule has 1 heterocycles. The molecule has 0 aromatic carbocycles. The number of aliphatic hydroxyl groups excluding tert-OH is 1. The molecule has 0 radical (unpaired) electrons. The third-order valence-corrected chi connectivity index (χ3v) is 2.64. The molecular formula is C9H10BrNO. The van der Waals surface area contributed by atoms with E-state index in [2.05, 4.69) is 27.0 Å². The first-order chi connectivity index (χ1) is 5.75. The maximum atomic E-state index is 9.37. The molecule has 1 aromatic rings. The zero-order valence-corrected chi connectivity index (χ0v) is 8.21. The lowest BCUT2D eigenvalue weighted by Crippen LogP contribution is -2.19. The zero-order chi connectivity index (χ0) is 8.55. The molecule has 1 aliphatic carbocycles. The third kappa shape index (κ3) is 1.52. The van der Waals surface area contributed by atoms with Crippen LogP contribution in [0.3, 0.4) is 0 Å². The van der Waals surface area contributed by atoms with Crippen LogP contribution in [0.5, 0.6) is 0 Å². The Morgan fingerprint density at radius 1 is 1.58 bits per heavy atom. The number of hydrogen-bond acceptors (Lipinski definition) is 2. The molecule has 64 valence electrons. The summed E-state index contributed by atoms with van der Waals surface area (Å²) in [5.74, 6) is 0. The first-order valence-corrected chi connectivity index (χ1v) is 4.86. The van der Waals surface area contributed by atoms with E-state index in [-0.39, 0.29) is 6.10 Å².